The van der Waals surface area contributed by atoms with Crippen molar-refractivity contribution in [3.8, 4) is 17.2 Å². The summed E-state index contributed by atoms with van der Waals surface area (Å²) >= 11 is 12.1. The molecule has 3 rings (SSSR count). The monoisotopic (exact) mass is 325 g/mol. The number of halogens is 2. The fraction of sp³-hybridized carbons (Fsp3) is 0.200. The molecule has 0 amide bonds. The Morgan fingerprint density at radius 2 is 1.86 bits per heavy atom. The van der Waals surface area contributed by atoms with Gasteiger partial charge in [-0.05, 0) is 12.1 Å². The van der Waals surface area contributed by atoms with E-state index in [1.807, 2.05) is 18.2 Å². The molecular weight excluding hydrogens is 313 g/mol. The van der Waals surface area contributed by atoms with E-state index in [4.69, 9.17) is 43.1 Å². The van der Waals surface area contributed by atoms with Gasteiger partial charge in [0.2, 0.25) is 6.79 Å². The Morgan fingerprint density at radius 1 is 1.10 bits per heavy atom. The Kier molecular flexibility index (Phi) is 4.10. The van der Waals surface area contributed by atoms with Gasteiger partial charge in [-0.15, -0.1) is 0 Å². The molecule has 0 aromatic heterocycles. The summed E-state index contributed by atoms with van der Waals surface area (Å²) in [5.41, 5.74) is 7.40. The van der Waals surface area contributed by atoms with Crippen LogP contribution in [0.2, 0.25) is 10.0 Å². The van der Waals surface area contributed by atoms with Crippen LogP contribution in [0.1, 0.15) is 11.1 Å². The molecule has 6 heteroatoms. The lowest BCUT2D eigenvalue weighted by Gasteiger charge is -2.12. The second-order valence-corrected chi connectivity index (χ2v) is 5.30. The highest BCUT2D eigenvalue weighted by Gasteiger charge is 2.18. The zero-order valence-corrected chi connectivity index (χ0v) is 12.6. The minimum atomic E-state index is 0.211. The minimum absolute atomic E-state index is 0.211. The lowest BCUT2D eigenvalue weighted by atomic mass is 10.1. The fourth-order valence-corrected chi connectivity index (χ4v) is 2.45. The lowest BCUT2D eigenvalue weighted by molar-refractivity contribution is 0.173. The quantitative estimate of drug-likeness (QED) is 0.929. The molecule has 0 radical (unpaired) electrons. The van der Waals surface area contributed by atoms with E-state index in [9.17, 15) is 0 Å². The van der Waals surface area contributed by atoms with Crippen LogP contribution in [-0.2, 0) is 13.2 Å². The summed E-state index contributed by atoms with van der Waals surface area (Å²) in [7, 11) is 0. The van der Waals surface area contributed by atoms with Crippen molar-refractivity contribution < 1.29 is 14.2 Å². The van der Waals surface area contributed by atoms with E-state index in [1.165, 1.54) is 0 Å². The van der Waals surface area contributed by atoms with Gasteiger partial charge in [0.1, 0.15) is 12.4 Å². The highest BCUT2D eigenvalue weighted by Crippen LogP contribution is 2.38. The summed E-state index contributed by atoms with van der Waals surface area (Å²) in [4.78, 5) is 0. The maximum Gasteiger partial charge on any atom is 0.231 e. The van der Waals surface area contributed by atoms with Gasteiger partial charge in [-0.3, -0.25) is 0 Å². The average molecular weight is 326 g/mol. The van der Waals surface area contributed by atoms with Crippen LogP contribution >= 0.6 is 23.2 Å². The maximum atomic E-state index is 6.15. The van der Waals surface area contributed by atoms with Crippen molar-refractivity contribution in [1.82, 2.24) is 0 Å². The SMILES string of the molecule is NCc1cc2c(cc1OCc1cccc(Cl)c1Cl)OCO2. The van der Waals surface area contributed by atoms with Crippen LogP contribution in [0, 0.1) is 0 Å². The number of nitrogens with two attached hydrogens (primary N) is 1. The van der Waals surface area contributed by atoms with Crippen LogP contribution in [0.15, 0.2) is 30.3 Å². The van der Waals surface area contributed by atoms with Gasteiger partial charge in [-0.1, -0.05) is 35.3 Å². The second-order valence-electron chi connectivity index (χ2n) is 4.52. The molecule has 0 bridgehead atoms. The van der Waals surface area contributed by atoms with Crippen molar-refractivity contribution in [3.63, 3.8) is 0 Å². The van der Waals surface area contributed by atoms with Crippen molar-refractivity contribution in [2.45, 2.75) is 13.2 Å². The largest absolute Gasteiger partial charge is 0.488 e. The molecule has 1 aliphatic heterocycles. The second kappa shape index (κ2) is 6.02. The summed E-state index contributed by atoms with van der Waals surface area (Å²) in [6.07, 6.45) is 0. The van der Waals surface area contributed by atoms with E-state index in [0.717, 1.165) is 11.1 Å². The van der Waals surface area contributed by atoms with Gasteiger partial charge in [0, 0.05) is 23.7 Å². The van der Waals surface area contributed by atoms with E-state index < -0.39 is 0 Å². The molecule has 0 spiro atoms. The summed E-state index contributed by atoms with van der Waals surface area (Å²) in [5, 5.41) is 0.997. The Balaban J connectivity index is 1.83. The number of benzene rings is 2. The van der Waals surface area contributed by atoms with Gasteiger partial charge in [0.25, 0.3) is 0 Å². The molecular formula is C15H13Cl2NO3. The first-order valence-corrected chi connectivity index (χ1v) is 7.13. The zero-order chi connectivity index (χ0) is 14.8. The predicted molar refractivity (Wildman–Crippen MR) is 81.3 cm³/mol. The van der Waals surface area contributed by atoms with Crippen molar-refractivity contribution in [1.29, 1.82) is 0 Å². The molecule has 21 heavy (non-hydrogen) atoms. The van der Waals surface area contributed by atoms with Gasteiger partial charge in [-0.2, -0.15) is 0 Å². The topological polar surface area (TPSA) is 53.7 Å². The highest BCUT2D eigenvalue weighted by molar-refractivity contribution is 6.42. The van der Waals surface area contributed by atoms with Crippen molar-refractivity contribution in [2.24, 2.45) is 5.73 Å². The maximum absolute atomic E-state index is 6.15. The van der Waals surface area contributed by atoms with Gasteiger partial charge >= 0.3 is 0 Å². The van der Waals surface area contributed by atoms with Crippen molar-refractivity contribution >= 4 is 23.2 Å². The predicted octanol–water partition coefficient (Wildman–Crippen LogP) is 3.76. The van der Waals surface area contributed by atoms with Crippen LogP contribution in [0.25, 0.3) is 0 Å². The van der Waals surface area contributed by atoms with Crippen LogP contribution in [-0.4, -0.2) is 6.79 Å². The van der Waals surface area contributed by atoms with Crippen LogP contribution in [0.3, 0.4) is 0 Å². The summed E-state index contributed by atoms with van der Waals surface area (Å²) in [6.45, 7) is 0.851. The molecule has 0 fully saturated rings. The summed E-state index contributed by atoms with van der Waals surface area (Å²) in [6, 6.07) is 9.04. The molecule has 0 saturated carbocycles. The molecule has 4 nitrogen and oxygen atoms in total. The third-order valence-electron chi connectivity index (χ3n) is 3.19. The molecule has 1 aliphatic rings. The Labute approximate surface area is 132 Å². The molecule has 2 aromatic carbocycles. The molecule has 0 aliphatic carbocycles. The first-order valence-electron chi connectivity index (χ1n) is 6.37. The van der Waals surface area contributed by atoms with E-state index in [0.29, 0.717) is 40.4 Å². The minimum Gasteiger partial charge on any atom is -0.488 e. The summed E-state index contributed by atoms with van der Waals surface area (Å²) < 4.78 is 16.5. The third kappa shape index (κ3) is 2.88. The van der Waals surface area contributed by atoms with Gasteiger partial charge in [0.15, 0.2) is 11.5 Å². The number of fused-ring (bicyclic) bond motifs is 1. The normalized spacial score (nSPS) is 12.5. The van der Waals surface area contributed by atoms with E-state index in [2.05, 4.69) is 0 Å². The van der Waals surface area contributed by atoms with Crippen LogP contribution in [0.4, 0.5) is 0 Å². The smallest absolute Gasteiger partial charge is 0.231 e. The number of hydrogen-bond acceptors (Lipinski definition) is 4. The Hall–Kier alpha value is -1.62. The van der Waals surface area contributed by atoms with Gasteiger partial charge in [0.05, 0.1) is 10.0 Å². The van der Waals surface area contributed by atoms with Crippen LogP contribution in [0.5, 0.6) is 17.2 Å². The Bertz CT molecular complexity index is 676. The van der Waals surface area contributed by atoms with Gasteiger partial charge < -0.3 is 19.9 Å². The summed E-state index contributed by atoms with van der Waals surface area (Å²) in [5.74, 6) is 1.99. The number of rotatable bonds is 4. The molecule has 2 N–H and O–H groups in total. The Morgan fingerprint density at radius 3 is 2.62 bits per heavy atom. The number of ether oxygens (including phenoxy) is 3. The van der Waals surface area contributed by atoms with Gasteiger partial charge in [-0.25, -0.2) is 0 Å². The molecule has 0 unspecified atom stereocenters. The average Bonchev–Trinajstić information content (AvgIpc) is 2.95. The zero-order valence-electron chi connectivity index (χ0n) is 11.1. The first kappa shape index (κ1) is 14.3. The molecule has 1 heterocycles. The molecule has 0 saturated heterocycles. The molecule has 0 atom stereocenters. The first-order chi connectivity index (χ1) is 10.2. The van der Waals surface area contributed by atoms with Crippen molar-refractivity contribution in [3.05, 3.63) is 51.5 Å². The highest BCUT2D eigenvalue weighted by atomic mass is 35.5. The molecule has 2 aromatic rings. The van der Waals surface area contributed by atoms with Crippen molar-refractivity contribution in [2.75, 3.05) is 6.79 Å². The van der Waals surface area contributed by atoms with E-state index >= 15 is 0 Å². The standard InChI is InChI=1S/C15H13Cl2NO3/c16-11-3-1-2-9(15(11)17)7-19-12-5-14-13(20-8-21-14)4-10(12)6-18/h1-5H,6-8,18H2. The fourth-order valence-electron chi connectivity index (χ4n) is 2.07. The third-order valence-corrected chi connectivity index (χ3v) is 4.05. The van der Waals surface area contributed by atoms with Crippen LogP contribution < -0.4 is 19.9 Å². The number of hydrogen-bond donors (Lipinski definition) is 1. The molecule has 110 valence electrons. The van der Waals surface area contributed by atoms with E-state index in [-0.39, 0.29) is 6.79 Å². The van der Waals surface area contributed by atoms with E-state index in [1.54, 1.807) is 12.1 Å². The lowest BCUT2D eigenvalue weighted by Crippen LogP contribution is -2.03.